The van der Waals surface area contributed by atoms with Crippen LogP contribution in [0.3, 0.4) is 0 Å². The average molecular weight is 475 g/mol. The summed E-state index contributed by atoms with van der Waals surface area (Å²) >= 11 is 3.46. The fraction of sp³-hybridized carbons (Fsp3) is 0.200. The molecule has 1 saturated heterocycles. The molecule has 5 rings (SSSR count). The minimum absolute atomic E-state index is 0.882. The van der Waals surface area contributed by atoms with E-state index in [1.165, 1.54) is 16.8 Å². The van der Waals surface area contributed by atoms with E-state index in [2.05, 4.69) is 67.1 Å². The highest BCUT2D eigenvalue weighted by Gasteiger charge is 2.20. The number of rotatable bonds is 4. The van der Waals surface area contributed by atoms with Crippen LogP contribution in [0.15, 0.2) is 77.4 Å². The van der Waals surface area contributed by atoms with E-state index in [0.29, 0.717) is 0 Å². The number of ether oxygens (including phenoxy) is 1. The number of hydrogen-bond donors (Lipinski definition) is 0. The van der Waals surface area contributed by atoms with Gasteiger partial charge in [-0.2, -0.15) is 0 Å². The molecule has 0 atom stereocenters. The average Bonchev–Trinajstić information content (AvgIpc) is 2.84. The molecule has 156 valence electrons. The molecule has 1 fully saturated rings. The molecule has 3 heterocycles. The highest BCUT2D eigenvalue weighted by atomic mass is 79.9. The van der Waals surface area contributed by atoms with Crippen molar-refractivity contribution < 1.29 is 4.74 Å². The molecule has 31 heavy (non-hydrogen) atoms. The molecule has 0 aliphatic carbocycles. The van der Waals surface area contributed by atoms with E-state index in [4.69, 9.17) is 9.72 Å². The molecule has 0 N–H and O–H groups in total. The van der Waals surface area contributed by atoms with Crippen LogP contribution in [0.1, 0.15) is 0 Å². The zero-order valence-electron chi connectivity index (χ0n) is 17.3. The van der Waals surface area contributed by atoms with Gasteiger partial charge in [0, 0.05) is 53.6 Å². The molecular weight excluding hydrogens is 452 g/mol. The summed E-state index contributed by atoms with van der Waals surface area (Å²) < 4.78 is 6.25. The monoisotopic (exact) mass is 474 g/mol. The normalized spacial score (nSPS) is 14.1. The molecule has 0 amide bonds. The molecule has 1 aliphatic heterocycles. The molecule has 2 aromatic heterocycles. The summed E-state index contributed by atoms with van der Waals surface area (Å²) in [5.74, 6) is 0.889. The fourth-order valence-electron chi connectivity index (χ4n) is 4.08. The molecule has 0 unspecified atom stereocenters. The second-order valence-corrected chi connectivity index (χ2v) is 8.49. The number of para-hydroxylation sites is 1. The molecule has 0 radical (unpaired) electrons. The Hall–Kier alpha value is -3.12. The first-order valence-corrected chi connectivity index (χ1v) is 11.2. The number of benzene rings is 2. The Morgan fingerprint density at radius 1 is 0.839 bits per heavy atom. The van der Waals surface area contributed by atoms with Gasteiger partial charge in [-0.3, -0.25) is 4.98 Å². The predicted molar refractivity (Wildman–Crippen MR) is 130 cm³/mol. The van der Waals surface area contributed by atoms with E-state index in [9.17, 15) is 0 Å². The zero-order chi connectivity index (χ0) is 21.2. The van der Waals surface area contributed by atoms with E-state index in [1.54, 1.807) is 7.11 Å². The van der Waals surface area contributed by atoms with Gasteiger partial charge in [0.2, 0.25) is 0 Å². The zero-order valence-corrected chi connectivity index (χ0v) is 18.9. The first-order valence-electron chi connectivity index (χ1n) is 10.4. The molecule has 6 heteroatoms. The van der Waals surface area contributed by atoms with Crippen LogP contribution in [0, 0.1) is 0 Å². The third kappa shape index (κ3) is 4.08. The van der Waals surface area contributed by atoms with E-state index in [1.807, 2.05) is 36.5 Å². The summed E-state index contributed by atoms with van der Waals surface area (Å²) in [7, 11) is 1.70. The smallest absolute Gasteiger partial charge is 0.119 e. The maximum Gasteiger partial charge on any atom is 0.119 e. The third-order valence-corrected chi connectivity index (χ3v) is 6.21. The SMILES string of the molecule is COc1ccc(N2CCN(c3cc(-c4ccc(Br)cn4)nc4ccccc34)CC2)cc1. The second kappa shape index (κ2) is 8.55. The number of aromatic nitrogens is 2. The Morgan fingerprint density at radius 2 is 1.58 bits per heavy atom. The van der Waals surface area contributed by atoms with Crippen molar-refractivity contribution in [1.29, 1.82) is 0 Å². The number of fused-ring (bicyclic) bond motifs is 1. The lowest BCUT2D eigenvalue weighted by Gasteiger charge is -2.38. The van der Waals surface area contributed by atoms with Crippen molar-refractivity contribution in [2.45, 2.75) is 0 Å². The summed E-state index contributed by atoms with van der Waals surface area (Å²) in [6, 6.07) is 22.9. The summed E-state index contributed by atoms with van der Waals surface area (Å²) in [4.78, 5) is 14.3. The molecule has 5 nitrogen and oxygen atoms in total. The van der Waals surface area contributed by atoms with E-state index in [0.717, 1.165) is 53.3 Å². The second-order valence-electron chi connectivity index (χ2n) is 7.58. The van der Waals surface area contributed by atoms with Crippen LogP contribution in [0.2, 0.25) is 0 Å². The molecule has 0 spiro atoms. The number of anilines is 2. The highest BCUT2D eigenvalue weighted by Crippen LogP contribution is 2.32. The van der Waals surface area contributed by atoms with Crippen molar-refractivity contribution in [3.63, 3.8) is 0 Å². The third-order valence-electron chi connectivity index (χ3n) is 5.74. The van der Waals surface area contributed by atoms with Crippen molar-refractivity contribution in [3.05, 3.63) is 77.4 Å². The van der Waals surface area contributed by atoms with Crippen molar-refractivity contribution >= 4 is 38.2 Å². The Kier molecular flexibility index (Phi) is 5.47. The van der Waals surface area contributed by atoms with E-state index in [-0.39, 0.29) is 0 Å². The van der Waals surface area contributed by atoms with Gasteiger partial charge in [0.1, 0.15) is 5.75 Å². The van der Waals surface area contributed by atoms with Crippen LogP contribution < -0.4 is 14.5 Å². The number of pyridine rings is 2. The van der Waals surface area contributed by atoms with Gasteiger partial charge in [0.25, 0.3) is 0 Å². The Bertz CT molecular complexity index is 1190. The van der Waals surface area contributed by atoms with Crippen molar-refractivity contribution in [1.82, 2.24) is 9.97 Å². The standard InChI is InChI=1S/C25H23BrN4O/c1-31-20-9-7-19(8-10-20)29-12-14-30(15-13-29)25-16-24(23-11-6-18(26)17-27-23)28-22-5-3-2-4-21(22)25/h2-11,16-17H,12-15H2,1H3. The van der Waals surface area contributed by atoms with Gasteiger partial charge < -0.3 is 14.5 Å². The Labute approximate surface area is 190 Å². The first kappa shape index (κ1) is 19.8. The van der Waals surface area contributed by atoms with Crippen LogP contribution >= 0.6 is 15.9 Å². The lowest BCUT2D eigenvalue weighted by Crippen LogP contribution is -2.46. The minimum Gasteiger partial charge on any atom is -0.497 e. The van der Waals surface area contributed by atoms with Crippen molar-refractivity contribution in [2.75, 3.05) is 43.1 Å². The van der Waals surface area contributed by atoms with Gasteiger partial charge in [-0.15, -0.1) is 0 Å². The molecule has 0 saturated carbocycles. The summed E-state index contributed by atoms with van der Waals surface area (Å²) in [5, 5.41) is 1.18. The first-order chi connectivity index (χ1) is 15.2. The lowest BCUT2D eigenvalue weighted by molar-refractivity contribution is 0.415. The molecule has 4 aromatic rings. The van der Waals surface area contributed by atoms with Gasteiger partial charge in [0.15, 0.2) is 0 Å². The van der Waals surface area contributed by atoms with Crippen molar-refractivity contribution in [3.8, 4) is 17.1 Å². The van der Waals surface area contributed by atoms with E-state index >= 15 is 0 Å². The summed E-state index contributed by atoms with van der Waals surface area (Å²) in [6.07, 6.45) is 1.82. The summed E-state index contributed by atoms with van der Waals surface area (Å²) in [5.41, 5.74) is 5.24. The van der Waals surface area contributed by atoms with Crippen LogP contribution in [-0.2, 0) is 0 Å². The number of hydrogen-bond acceptors (Lipinski definition) is 5. The fourth-order valence-corrected chi connectivity index (χ4v) is 4.31. The molecular formula is C25H23BrN4O. The van der Waals surface area contributed by atoms with Gasteiger partial charge in [-0.1, -0.05) is 18.2 Å². The Morgan fingerprint density at radius 3 is 2.29 bits per heavy atom. The molecule has 1 aliphatic rings. The highest BCUT2D eigenvalue weighted by molar-refractivity contribution is 9.10. The van der Waals surface area contributed by atoms with Crippen molar-refractivity contribution in [2.24, 2.45) is 0 Å². The molecule has 0 bridgehead atoms. The number of nitrogens with zero attached hydrogens (tertiary/aromatic N) is 4. The quantitative estimate of drug-likeness (QED) is 0.396. The van der Waals surface area contributed by atoms with Gasteiger partial charge in [0.05, 0.1) is 24.0 Å². The minimum atomic E-state index is 0.882. The van der Waals surface area contributed by atoms with Crippen LogP contribution in [0.25, 0.3) is 22.3 Å². The maximum atomic E-state index is 5.29. The van der Waals surface area contributed by atoms with Crippen LogP contribution in [0.5, 0.6) is 5.75 Å². The molecule has 2 aromatic carbocycles. The predicted octanol–water partition coefficient (Wildman–Crippen LogP) is 5.39. The number of piperazine rings is 1. The number of methoxy groups -OCH3 is 1. The Balaban J connectivity index is 1.43. The maximum absolute atomic E-state index is 5.29. The van der Waals surface area contributed by atoms with Crippen LogP contribution in [0.4, 0.5) is 11.4 Å². The van der Waals surface area contributed by atoms with Gasteiger partial charge in [-0.05, 0) is 64.5 Å². The largest absolute Gasteiger partial charge is 0.497 e. The van der Waals surface area contributed by atoms with Gasteiger partial charge in [-0.25, -0.2) is 4.98 Å². The van der Waals surface area contributed by atoms with Crippen LogP contribution in [-0.4, -0.2) is 43.3 Å². The van der Waals surface area contributed by atoms with E-state index < -0.39 is 0 Å². The van der Waals surface area contributed by atoms with Gasteiger partial charge >= 0.3 is 0 Å². The number of halogens is 1. The lowest BCUT2D eigenvalue weighted by atomic mass is 10.1. The topological polar surface area (TPSA) is 41.5 Å². The summed E-state index contributed by atoms with van der Waals surface area (Å²) in [6.45, 7) is 3.84.